The molecule has 0 aromatic carbocycles. The second-order valence-electron chi connectivity index (χ2n) is 4.15. The summed E-state index contributed by atoms with van der Waals surface area (Å²) in [5.41, 5.74) is 0.938. The second-order valence-corrected chi connectivity index (χ2v) is 5.18. The Balaban J connectivity index is 2.36. The third-order valence-electron chi connectivity index (χ3n) is 2.95. The third kappa shape index (κ3) is 2.13. The second kappa shape index (κ2) is 5.07. The van der Waals surface area contributed by atoms with Gasteiger partial charge in [0.2, 0.25) is 0 Å². The van der Waals surface area contributed by atoms with Crippen molar-refractivity contribution in [1.82, 2.24) is 14.7 Å². The van der Waals surface area contributed by atoms with E-state index < -0.39 is 0 Å². The van der Waals surface area contributed by atoms with Crippen LogP contribution >= 0.6 is 11.3 Å². The Bertz CT molecular complexity index is 539. The zero-order valence-corrected chi connectivity index (χ0v) is 11.6. The molecule has 0 bridgehead atoms. The molecule has 2 aromatic rings. The quantitative estimate of drug-likeness (QED) is 0.911. The van der Waals surface area contributed by atoms with Crippen molar-refractivity contribution >= 4 is 27.5 Å². The summed E-state index contributed by atoms with van der Waals surface area (Å²) in [6, 6.07) is 1.89. The van der Waals surface area contributed by atoms with Crippen LogP contribution in [0.2, 0.25) is 0 Å². The number of hydrogen-bond donors (Lipinski definition) is 1. The predicted octanol–water partition coefficient (Wildman–Crippen LogP) is 1.40. The molecule has 5 nitrogen and oxygen atoms in total. The van der Waals surface area contributed by atoms with Crippen molar-refractivity contribution < 1.29 is 9.90 Å². The van der Waals surface area contributed by atoms with Crippen molar-refractivity contribution in [3.63, 3.8) is 0 Å². The number of fused-ring (bicyclic) bond motifs is 1. The number of amides is 1. The van der Waals surface area contributed by atoms with Gasteiger partial charge in [0.25, 0.3) is 5.91 Å². The minimum Gasteiger partial charge on any atom is -0.395 e. The number of likely N-dealkylation sites (N-methyl/N-ethyl adjacent to an activating group) is 1. The number of thiophene rings is 1. The van der Waals surface area contributed by atoms with Crippen LogP contribution in [0.5, 0.6) is 0 Å². The lowest BCUT2D eigenvalue weighted by atomic mass is 10.3. The molecule has 98 valence electrons. The maximum absolute atomic E-state index is 12.3. The molecule has 1 N–H and O–H groups in total. The van der Waals surface area contributed by atoms with E-state index in [1.54, 1.807) is 9.58 Å². The van der Waals surface area contributed by atoms with Crippen molar-refractivity contribution in [2.45, 2.75) is 13.8 Å². The Hall–Kier alpha value is -1.40. The average molecular weight is 267 g/mol. The summed E-state index contributed by atoms with van der Waals surface area (Å²) in [6.07, 6.45) is 0. The van der Waals surface area contributed by atoms with E-state index in [0.717, 1.165) is 15.9 Å². The highest BCUT2D eigenvalue weighted by Crippen LogP contribution is 2.28. The molecule has 0 aliphatic carbocycles. The number of carbonyl (C=O) groups excluding carboxylic acids is 1. The molecule has 0 spiro atoms. The summed E-state index contributed by atoms with van der Waals surface area (Å²) >= 11 is 1.45. The molecule has 0 aliphatic rings. The highest BCUT2D eigenvalue weighted by atomic mass is 32.1. The molecule has 0 saturated heterocycles. The van der Waals surface area contributed by atoms with E-state index in [4.69, 9.17) is 5.11 Å². The van der Waals surface area contributed by atoms with Crippen LogP contribution in [0.3, 0.4) is 0 Å². The van der Waals surface area contributed by atoms with E-state index in [9.17, 15) is 4.79 Å². The molecule has 2 rings (SSSR count). The molecule has 0 atom stereocenters. The minimum absolute atomic E-state index is 0.00887. The van der Waals surface area contributed by atoms with Crippen LogP contribution in [0.15, 0.2) is 6.07 Å². The van der Waals surface area contributed by atoms with Crippen LogP contribution in [0.1, 0.15) is 22.3 Å². The molecule has 0 unspecified atom stereocenters. The summed E-state index contributed by atoms with van der Waals surface area (Å²) in [6.45, 7) is 4.82. The Labute approximate surface area is 110 Å². The molecule has 0 fully saturated rings. The van der Waals surface area contributed by atoms with Gasteiger partial charge in [0, 0.05) is 25.5 Å². The van der Waals surface area contributed by atoms with Gasteiger partial charge >= 0.3 is 0 Å². The van der Waals surface area contributed by atoms with Crippen LogP contribution in [0.4, 0.5) is 0 Å². The molecule has 0 radical (unpaired) electrons. The minimum atomic E-state index is -0.0212. The van der Waals surface area contributed by atoms with Crippen molar-refractivity contribution in [1.29, 1.82) is 0 Å². The molecule has 6 heteroatoms. The van der Waals surface area contributed by atoms with Crippen molar-refractivity contribution in [2.75, 3.05) is 19.7 Å². The lowest BCUT2D eigenvalue weighted by Gasteiger charge is -2.18. The van der Waals surface area contributed by atoms with Crippen LogP contribution < -0.4 is 0 Å². The lowest BCUT2D eigenvalue weighted by Crippen LogP contribution is -2.32. The van der Waals surface area contributed by atoms with E-state index in [-0.39, 0.29) is 12.5 Å². The topological polar surface area (TPSA) is 58.4 Å². The molecule has 1 amide bonds. The fraction of sp³-hybridized carbons (Fsp3) is 0.500. The monoisotopic (exact) mass is 267 g/mol. The fourth-order valence-electron chi connectivity index (χ4n) is 1.99. The predicted molar refractivity (Wildman–Crippen MR) is 72.0 cm³/mol. The molecule has 18 heavy (non-hydrogen) atoms. The molecule has 2 aromatic heterocycles. The summed E-state index contributed by atoms with van der Waals surface area (Å²) in [4.78, 5) is 15.6. The van der Waals surface area contributed by atoms with Gasteiger partial charge in [0.1, 0.15) is 4.83 Å². The Kier molecular flexibility index (Phi) is 3.68. The average Bonchev–Trinajstić information content (AvgIpc) is 2.89. The first-order chi connectivity index (χ1) is 8.58. The van der Waals surface area contributed by atoms with E-state index in [2.05, 4.69) is 5.10 Å². The van der Waals surface area contributed by atoms with Gasteiger partial charge < -0.3 is 10.0 Å². The number of nitrogens with zero attached hydrogens (tertiary/aromatic N) is 3. The van der Waals surface area contributed by atoms with Gasteiger partial charge in [-0.1, -0.05) is 0 Å². The highest BCUT2D eigenvalue weighted by molar-refractivity contribution is 7.20. The molecular weight excluding hydrogens is 250 g/mol. The zero-order valence-electron chi connectivity index (χ0n) is 10.8. The number of aliphatic hydroxyl groups excluding tert-OH is 1. The molecule has 2 heterocycles. The number of carbonyl (C=O) groups is 1. The molecular formula is C12H17N3O2S. The van der Waals surface area contributed by atoms with Gasteiger partial charge in [-0.3, -0.25) is 9.48 Å². The maximum atomic E-state index is 12.3. The summed E-state index contributed by atoms with van der Waals surface area (Å²) in [5.74, 6) is -0.0212. The SMILES string of the molecule is CCN(CCO)C(=O)c1cc2c(C)nn(C)c2s1. The third-order valence-corrected chi connectivity index (χ3v) is 4.14. The largest absolute Gasteiger partial charge is 0.395 e. The van der Waals surface area contributed by atoms with E-state index >= 15 is 0 Å². The Morgan fingerprint density at radius 3 is 2.89 bits per heavy atom. The first-order valence-electron chi connectivity index (χ1n) is 5.91. The van der Waals surface area contributed by atoms with Crippen LogP contribution in [0.25, 0.3) is 10.2 Å². The van der Waals surface area contributed by atoms with Crippen molar-refractivity contribution in [3.05, 3.63) is 16.6 Å². The van der Waals surface area contributed by atoms with E-state index in [1.165, 1.54) is 11.3 Å². The highest BCUT2D eigenvalue weighted by Gasteiger charge is 2.19. The van der Waals surface area contributed by atoms with Crippen LogP contribution in [0, 0.1) is 6.92 Å². The smallest absolute Gasteiger partial charge is 0.264 e. The number of hydrogen-bond acceptors (Lipinski definition) is 4. The lowest BCUT2D eigenvalue weighted by molar-refractivity contribution is 0.0737. The normalized spacial score (nSPS) is 11.1. The van der Waals surface area contributed by atoms with E-state index in [0.29, 0.717) is 18.0 Å². The van der Waals surface area contributed by atoms with Gasteiger partial charge in [-0.25, -0.2) is 0 Å². The van der Waals surface area contributed by atoms with E-state index in [1.807, 2.05) is 27.0 Å². The van der Waals surface area contributed by atoms with Crippen molar-refractivity contribution in [2.24, 2.45) is 7.05 Å². The summed E-state index contributed by atoms with van der Waals surface area (Å²) in [5, 5.41) is 14.3. The standard InChI is InChI=1S/C12H17N3O2S/c1-4-15(5-6-16)11(17)10-7-9-8(2)13-14(3)12(9)18-10/h7,16H,4-6H2,1-3H3. The molecule has 0 saturated carbocycles. The Morgan fingerprint density at radius 1 is 1.61 bits per heavy atom. The number of aliphatic hydroxyl groups is 1. The fourth-order valence-corrected chi connectivity index (χ4v) is 3.08. The van der Waals surface area contributed by atoms with Crippen LogP contribution in [-0.2, 0) is 7.05 Å². The Morgan fingerprint density at radius 2 is 2.33 bits per heavy atom. The summed E-state index contributed by atoms with van der Waals surface area (Å²) in [7, 11) is 1.88. The van der Waals surface area contributed by atoms with Gasteiger partial charge in [-0.05, 0) is 19.9 Å². The zero-order chi connectivity index (χ0) is 13.3. The van der Waals surface area contributed by atoms with Crippen molar-refractivity contribution in [3.8, 4) is 0 Å². The number of aromatic nitrogens is 2. The first kappa shape index (κ1) is 13.0. The first-order valence-corrected chi connectivity index (χ1v) is 6.73. The maximum Gasteiger partial charge on any atom is 0.264 e. The van der Waals surface area contributed by atoms with Gasteiger partial charge in [0.05, 0.1) is 17.2 Å². The van der Waals surface area contributed by atoms with Gasteiger partial charge in [-0.15, -0.1) is 11.3 Å². The summed E-state index contributed by atoms with van der Waals surface area (Å²) < 4.78 is 1.80. The number of rotatable bonds is 4. The van der Waals surface area contributed by atoms with Gasteiger partial charge in [0.15, 0.2) is 0 Å². The van der Waals surface area contributed by atoms with Crippen LogP contribution in [-0.4, -0.2) is 45.4 Å². The van der Waals surface area contributed by atoms with Gasteiger partial charge in [-0.2, -0.15) is 5.10 Å². The number of aryl methyl sites for hydroxylation is 2. The molecule has 0 aliphatic heterocycles.